The second-order valence-corrected chi connectivity index (χ2v) is 8.03. The number of fused-ring (bicyclic) bond motifs is 6. The maximum atomic E-state index is 13.4. The van der Waals surface area contributed by atoms with Crippen LogP contribution in [0.4, 0.5) is 10.5 Å². The van der Waals surface area contributed by atoms with Gasteiger partial charge in [0.05, 0.1) is 42.4 Å². The number of nitrogens with zero attached hydrogens (tertiary/aromatic N) is 5. The quantitative estimate of drug-likeness (QED) is 0.524. The van der Waals surface area contributed by atoms with Crippen LogP contribution in [0.1, 0.15) is 24.8 Å². The number of aromatic nitrogens is 1. The number of methoxy groups -OCH3 is 1. The predicted octanol–water partition coefficient (Wildman–Crippen LogP) is 1.18. The number of likely N-dealkylation sites (tertiary alicyclic amines) is 1. The summed E-state index contributed by atoms with van der Waals surface area (Å²) in [5.41, 5.74) is 1.15. The van der Waals surface area contributed by atoms with Crippen LogP contribution in [0.2, 0.25) is 0 Å². The first-order valence-corrected chi connectivity index (χ1v) is 10.3. The largest absolute Gasteiger partial charge is 0.469 e. The van der Waals surface area contributed by atoms with E-state index in [4.69, 9.17) is 0 Å². The fourth-order valence-electron chi connectivity index (χ4n) is 5.06. The van der Waals surface area contributed by atoms with E-state index in [-0.39, 0.29) is 24.8 Å². The third-order valence-corrected chi connectivity index (χ3v) is 6.46. The van der Waals surface area contributed by atoms with Crippen LogP contribution < -0.4 is 4.90 Å². The lowest BCUT2D eigenvalue weighted by atomic mass is 10.1. The number of hydrogen-bond donors (Lipinski definition) is 0. The monoisotopic (exact) mass is 433 g/mol. The molecule has 0 aliphatic carbocycles. The Morgan fingerprint density at radius 1 is 1.25 bits per heavy atom. The topological polar surface area (TPSA) is 124 Å². The zero-order valence-electron chi connectivity index (χ0n) is 17.2. The number of nitriles is 1. The van der Waals surface area contributed by atoms with Gasteiger partial charge in [0, 0.05) is 24.5 Å². The van der Waals surface area contributed by atoms with Crippen molar-refractivity contribution in [1.82, 2.24) is 14.8 Å². The van der Waals surface area contributed by atoms with Gasteiger partial charge in [-0.05, 0) is 30.7 Å². The predicted molar refractivity (Wildman–Crippen MR) is 110 cm³/mol. The Hall–Kier alpha value is -4.00. The summed E-state index contributed by atoms with van der Waals surface area (Å²) in [7, 11) is 1.27. The van der Waals surface area contributed by atoms with E-state index in [1.165, 1.54) is 7.11 Å². The molecule has 2 bridgehead atoms. The summed E-state index contributed by atoms with van der Waals surface area (Å²) in [6.45, 7) is 0.337. The number of amides is 4. The molecular weight excluding hydrogens is 414 g/mol. The van der Waals surface area contributed by atoms with E-state index < -0.39 is 30.0 Å². The van der Waals surface area contributed by atoms with Crippen LogP contribution in [-0.4, -0.2) is 70.4 Å². The van der Waals surface area contributed by atoms with Crippen molar-refractivity contribution in [2.75, 3.05) is 18.6 Å². The highest BCUT2D eigenvalue weighted by Crippen LogP contribution is 2.43. The minimum Gasteiger partial charge on any atom is -0.469 e. The van der Waals surface area contributed by atoms with Gasteiger partial charge in [-0.1, -0.05) is 0 Å². The number of pyridine rings is 1. The lowest BCUT2D eigenvalue weighted by Crippen LogP contribution is -2.54. The number of benzene rings is 1. The molecule has 0 saturated carbocycles. The molecule has 0 radical (unpaired) electrons. The highest BCUT2D eigenvalue weighted by molar-refractivity contribution is 6.25. The summed E-state index contributed by atoms with van der Waals surface area (Å²) in [6.07, 6.45) is 2.06. The highest BCUT2D eigenvalue weighted by atomic mass is 16.5. The number of carbonyl (C=O) groups is 4. The number of piperazine rings is 1. The Balaban J connectivity index is 1.45. The van der Waals surface area contributed by atoms with E-state index >= 15 is 0 Å². The molecule has 4 amide bonds. The summed E-state index contributed by atoms with van der Waals surface area (Å²) in [5, 5.41) is 9.90. The van der Waals surface area contributed by atoms with Gasteiger partial charge in [0.15, 0.2) is 0 Å². The van der Waals surface area contributed by atoms with E-state index in [0.717, 1.165) is 4.90 Å². The maximum absolute atomic E-state index is 13.4. The van der Waals surface area contributed by atoms with Crippen LogP contribution in [0.5, 0.6) is 0 Å². The molecule has 10 heteroatoms. The smallest absolute Gasteiger partial charge is 0.332 e. The van der Waals surface area contributed by atoms with Crippen molar-refractivity contribution < 1.29 is 23.9 Å². The molecule has 0 spiro atoms. The van der Waals surface area contributed by atoms with Gasteiger partial charge < -0.3 is 14.5 Å². The average molecular weight is 433 g/mol. The van der Waals surface area contributed by atoms with Gasteiger partial charge in [-0.25, -0.2) is 9.69 Å². The van der Waals surface area contributed by atoms with Gasteiger partial charge >= 0.3 is 12.0 Å². The molecule has 3 aliphatic heterocycles. The van der Waals surface area contributed by atoms with Crippen LogP contribution in [0, 0.1) is 11.3 Å². The number of esters is 1. The summed E-state index contributed by atoms with van der Waals surface area (Å²) >= 11 is 0. The first kappa shape index (κ1) is 19.9. The molecular formula is C22H19N5O5. The molecule has 5 rings (SSSR count). The van der Waals surface area contributed by atoms with Crippen molar-refractivity contribution in [2.45, 2.75) is 37.4 Å². The lowest BCUT2D eigenvalue weighted by molar-refractivity contribution is -0.144. The van der Waals surface area contributed by atoms with Crippen LogP contribution in [-0.2, 0) is 19.1 Å². The standard InChI is InChI=1S/C22H19N5O5/c1-32-18(29)7-6-17(28)25-11-13-9-16(25)20-21(30)27(22(31)26(13)20)15-5-4-12(10-23)19-14(15)3-2-8-24-19/h2-5,8,13,16,20H,6-7,9,11H2,1H3/t13-,16?,20-/m1/s1. The van der Waals surface area contributed by atoms with Crippen molar-refractivity contribution in [2.24, 2.45) is 0 Å². The summed E-state index contributed by atoms with van der Waals surface area (Å²) in [4.78, 5) is 59.4. The molecule has 2 aromatic rings. The zero-order valence-corrected chi connectivity index (χ0v) is 17.2. The van der Waals surface area contributed by atoms with E-state index in [9.17, 15) is 24.4 Å². The number of imide groups is 1. The molecule has 1 aromatic carbocycles. The molecule has 1 unspecified atom stereocenters. The highest BCUT2D eigenvalue weighted by Gasteiger charge is 2.62. The van der Waals surface area contributed by atoms with Crippen molar-refractivity contribution >= 4 is 40.4 Å². The number of anilines is 1. The molecule has 10 nitrogen and oxygen atoms in total. The van der Waals surface area contributed by atoms with Gasteiger partial charge in [-0.3, -0.25) is 19.4 Å². The van der Waals surface area contributed by atoms with Gasteiger partial charge in [-0.2, -0.15) is 5.26 Å². The number of rotatable bonds is 4. The molecule has 32 heavy (non-hydrogen) atoms. The Labute approximate surface area is 182 Å². The first-order valence-electron chi connectivity index (χ1n) is 10.3. The average Bonchev–Trinajstić information content (AvgIpc) is 3.48. The molecule has 3 aliphatic rings. The molecule has 162 valence electrons. The Morgan fingerprint density at radius 2 is 2.06 bits per heavy atom. The zero-order chi connectivity index (χ0) is 22.6. The molecule has 1 aromatic heterocycles. The lowest BCUT2D eigenvalue weighted by Gasteiger charge is -2.34. The second-order valence-electron chi connectivity index (χ2n) is 8.03. The van der Waals surface area contributed by atoms with Gasteiger partial charge in [-0.15, -0.1) is 0 Å². The minimum absolute atomic E-state index is 0.000390. The van der Waals surface area contributed by atoms with Crippen molar-refractivity contribution in [1.29, 1.82) is 5.26 Å². The first-order chi connectivity index (χ1) is 15.5. The van der Waals surface area contributed by atoms with Gasteiger partial charge in [0.25, 0.3) is 5.91 Å². The van der Waals surface area contributed by atoms with E-state index in [1.54, 1.807) is 40.3 Å². The van der Waals surface area contributed by atoms with Crippen molar-refractivity contribution in [3.63, 3.8) is 0 Å². The SMILES string of the molecule is COC(=O)CCC(=O)N1C[C@H]2CC1[C@@H]1C(=O)N(c3ccc(C#N)c4ncccc34)C(=O)N21. The number of carbonyl (C=O) groups excluding carboxylic acids is 4. The van der Waals surface area contributed by atoms with Crippen LogP contribution in [0.25, 0.3) is 10.9 Å². The molecule has 0 N–H and O–H groups in total. The van der Waals surface area contributed by atoms with Gasteiger partial charge in [0.1, 0.15) is 12.1 Å². The fraction of sp³-hybridized carbons (Fsp3) is 0.364. The number of urea groups is 1. The van der Waals surface area contributed by atoms with E-state index in [0.29, 0.717) is 35.1 Å². The maximum Gasteiger partial charge on any atom is 0.332 e. The molecule has 3 atom stereocenters. The van der Waals surface area contributed by atoms with Crippen LogP contribution >= 0.6 is 0 Å². The Bertz CT molecular complexity index is 1220. The summed E-state index contributed by atoms with van der Waals surface area (Å²) < 4.78 is 4.59. The van der Waals surface area contributed by atoms with Gasteiger partial charge in [0.2, 0.25) is 5.91 Å². The molecule has 3 fully saturated rings. The van der Waals surface area contributed by atoms with E-state index in [2.05, 4.69) is 15.8 Å². The Morgan fingerprint density at radius 3 is 2.81 bits per heavy atom. The Kier molecular flexibility index (Phi) is 4.55. The summed E-state index contributed by atoms with van der Waals surface area (Å²) in [5.74, 6) is -1.10. The van der Waals surface area contributed by atoms with Crippen molar-refractivity contribution in [3.8, 4) is 6.07 Å². The van der Waals surface area contributed by atoms with Crippen molar-refractivity contribution in [3.05, 3.63) is 36.0 Å². The number of ether oxygens (including phenoxy) is 1. The van der Waals surface area contributed by atoms with Crippen LogP contribution in [0.3, 0.4) is 0 Å². The van der Waals surface area contributed by atoms with E-state index in [1.807, 2.05) is 0 Å². The second kappa shape index (κ2) is 7.30. The molecule has 3 saturated heterocycles. The fourth-order valence-corrected chi connectivity index (χ4v) is 5.06. The third-order valence-electron chi connectivity index (χ3n) is 6.46. The normalized spacial score (nSPS) is 23.6. The molecule has 4 heterocycles. The van der Waals surface area contributed by atoms with Crippen LogP contribution in [0.15, 0.2) is 30.5 Å². The summed E-state index contributed by atoms with van der Waals surface area (Å²) in [6, 6.07) is 6.76. The number of hydrogen-bond acceptors (Lipinski definition) is 7. The minimum atomic E-state index is -0.759. The third kappa shape index (κ3) is 2.74.